The number of ether oxygens (including phenoxy) is 1. The van der Waals surface area contributed by atoms with Crippen LogP contribution >= 0.6 is 0 Å². The van der Waals surface area contributed by atoms with Gasteiger partial charge in [-0.05, 0) is 24.5 Å². The zero-order chi connectivity index (χ0) is 14.9. The molecule has 0 unspecified atom stereocenters. The Kier molecular flexibility index (Phi) is 3.75. The van der Waals surface area contributed by atoms with Crippen LogP contribution in [0.3, 0.4) is 0 Å². The average molecular weight is 274 g/mol. The van der Waals surface area contributed by atoms with Crippen molar-refractivity contribution in [3.05, 3.63) is 29.5 Å². The Morgan fingerprint density at radius 3 is 2.60 bits per heavy atom. The molecular formula is C16H22N2O2. The van der Waals surface area contributed by atoms with E-state index in [1.807, 2.05) is 25.1 Å². The molecule has 108 valence electrons. The minimum absolute atomic E-state index is 0.0950. The summed E-state index contributed by atoms with van der Waals surface area (Å²) < 4.78 is 10.9. The number of benzene rings is 1. The molecule has 1 aromatic heterocycles. The molecule has 0 bridgehead atoms. The molecule has 0 amide bonds. The lowest BCUT2D eigenvalue weighted by molar-refractivity contribution is 0.322. The van der Waals surface area contributed by atoms with E-state index in [9.17, 15) is 0 Å². The van der Waals surface area contributed by atoms with E-state index in [4.69, 9.17) is 15.0 Å². The van der Waals surface area contributed by atoms with E-state index >= 15 is 0 Å². The predicted molar refractivity (Wildman–Crippen MR) is 80.8 cm³/mol. The van der Waals surface area contributed by atoms with Crippen molar-refractivity contribution >= 4 is 5.82 Å². The number of nitrogen functional groups attached to an aromatic ring is 1. The highest BCUT2D eigenvalue weighted by atomic mass is 16.5. The van der Waals surface area contributed by atoms with Crippen LogP contribution in [0.15, 0.2) is 22.7 Å². The molecule has 0 saturated carbocycles. The first-order valence-corrected chi connectivity index (χ1v) is 6.71. The molecule has 2 rings (SSSR count). The van der Waals surface area contributed by atoms with Crippen molar-refractivity contribution in [2.75, 3.05) is 12.8 Å². The first kappa shape index (κ1) is 14.4. The summed E-state index contributed by atoms with van der Waals surface area (Å²) in [6, 6.07) is 6.00. The van der Waals surface area contributed by atoms with Crippen molar-refractivity contribution in [3.8, 4) is 16.9 Å². The molecule has 20 heavy (non-hydrogen) atoms. The summed E-state index contributed by atoms with van der Waals surface area (Å²) in [4.78, 5) is 0. The molecular weight excluding hydrogens is 252 g/mol. The van der Waals surface area contributed by atoms with Gasteiger partial charge >= 0.3 is 0 Å². The SMILES string of the molecule is COc1ccc(C)cc1-c1c(N)noc1CC(C)(C)C. The van der Waals surface area contributed by atoms with Gasteiger partial charge in [0.15, 0.2) is 5.82 Å². The number of aryl methyl sites for hydroxylation is 1. The zero-order valence-electron chi connectivity index (χ0n) is 12.8. The van der Waals surface area contributed by atoms with Crippen molar-refractivity contribution in [3.63, 3.8) is 0 Å². The molecule has 1 heterocycles. The molecule has 0 aliphatic carbocycles. The van der Waals surface area contributed by atoms with Crippen LogP contribution in [0.5, 0.6) is 5.75 Å². The van der Waals surface area contributed by atoms with Crippen LogP contribution in [0.4, 0.5) is 5.82 Å². The summed E-state index contributed by atoms with van der Waals surface area (Å²) in [6.45, 7) is 8.50. The second-order valence-electron chi connectivity index (χ2n) is 6.31. The van der Waals surface area contributed by atoms with Crippen molar-refractivity contribution in [2.45, 2.75) is 34.1 Å². The van der Waals surface area contributed by atoms with E-state index in [1.54, 1.807) is 7.11 Å². The lowest BCUT2D eigenvalue weighted by Gasteiger charge is -2.17. The highest BCUT2D eigenvalue weighted by Gasteiger charge is 2.23. The van der Waals surface area contributed by atoms with Crippen molar-refractivity contribution in [2.24, 2.45) is 5.41 Å². The third kappa shape index (κ3) is 2.95. The van der Waals surface area contributed by atoms with Crippen LogP contribution in [-0.2, 0) is 6.42 Å². The smallest absolute Gasteiger partial charge is 0.175 e. The Bertz CT molecular complexity index is 609. The molecule has 0 atom stereocenters. The topological polar surface area (TPSA) is 61.3 Å². The summed E-state index contributed by atoms with van der Waals surface area (Å²) in [5.41, 5.74) is 9.03. The Morgan fingerprint density at radius 2 is 2.00 bits per heavy atom. The quantitative estimate of drug-likeness (QED) is 0.924. The third-order valence-electron chi connectivity index (χ3n) is 3.10. The largest absolute Gasteiger partial charge is 0.496 e. The summed E-state index contributed by atoms with van der Waals surface area (Å²) in [5.74, 6) is 1.99. The molecule has 2 N–H and O–H groups in total. The van der Waals surface area contributed by atoms with E-state index in [2.05, 4.69) is 25.9 Å². The molecule has 0 spiro atoms. The van der Waals surface area contributed by atoms with E-state index < -0.39 is 0 Å². The van der Waals surface area contributed by atoms with Gasteiger partial charge in [-0.25, -0.2) is 0 Å². The molecule has 0 saturated heterocycles. The minimum Gasteiger partial charge on any atom is -0.496 e. The third-order valence-corrected chi connectivity index (χ3v) is 3.10. The fourth-order valence-corrected chi connectivity index (χ4v) is 2.25. The van der Waals surface area contributed by atoms with Gasteiger partial charge in [-0.1, -0.05) is 37.6 Å². The van der Waals surface area contributed by atoms with Gasteiger partial charge in [0.05, 0.1) is 12.7 Å². The highest BCUT2D eigenvalue weighted by molar-refractivity contribution is 5.80. The summed E-state index contributed by atoms with van der Waals surface area (Å²) in [7, 11) is 1.65. The number of hydrogen-bond acceptors (Lipinski definition) is 4. The second kappa shape index (κ2) is 5.19. The molecule has 4 heteroatoms. The van der Waals surface area contributed by atoms with Crippen LogP contribution in [0.25, 0.3) is 11.1 Å². The fraction of sp³-hybridized carbons (Fsp3) is 0.438. The van der Waals surface area contributed by atoms with Crippen molar-refractivity contribution in [1.82, 2.24) is 5.16 Å². The molecule has 1 aromatic carbocycles. The highest BCUT2D eigenvalue weighted by Crippen LogP contribution is 2.39. The van der Waals surface area contributed by atoms with Crippen molar-refractivity contribution < 1.29 is 9.26 Å². The van der Waals surface area contributed by atoms with Gasteiger partial charge in [-0.15, -0.1) is 0 Å². The summed E-state index contributed by atoms with van der Waals surface area (Å²) in [5, 5.41) is 3.93. The maximum absolute atomic E-state index is 6.01. The Hall–Kier alpha value is -1.97. The number of rotatable bonds is 3. The maximum atomic E-state index is 6.01. The number of aromatic nitrogens is 1. The predicted octanol–water partition coefficient (Wildman–Crippen LogP) is 3.83. The van der Waals surface area contributed by atoms with Gasteiger partial charge in [0.25, 0.3) is 0 Å². The second-order valence-corrected chi connectivity index (χ2v) is 6.31. The average Bonchev–Trinajstić information content (AvgIpc) is 2.68. The van der Waals surface area contributed by atoms with Crippen LogP contribution in [0, 0.1) is 12.3 Å². The molecule has 0 radical (unpaired) electrons. The normalized spacial score (nSPS) is 11.7. The lowest BCUT2D eigenvalue weighted by Crippen LogP contribution is -2.09. The van der Waals surface area contributed by atoms with Gasteiger partial charge in [0.2, 0.25) is 0 Å². The van der Waals surface area contributed by atoms with Crippen molar-refractivity contribution in [1.29, 1.82) is 0 Å². The first-order valence-electron chi connectivity index (χ1n) is 6.71. The van der Waals surface area contributed by atoms with Gasteiger partial charge in [-0.3, -0.25) is 0 Å². The van der Waals surface area contributed by atoms with Crippen LogP contribution in [-0.4, -0.2) is 12.3 Å². The van der Waals surface area contributed by atoms with Crippen LogP contribution < -0.4 is 10.5 Å². The van der Waals surface area contributed by atoms with Crippen LogP contribution in [0.2, 0.25) is 0 Å². The zero-order valence-corrected chi connectivity index (χ0v) is 12.8. The van der Waals surface area contributed by atoms with E-state index in [1.165, 1.54) is 0 Å². The van der Waals surface area contributed by atoms with E-state index in [0.717, 1.165) is 34.6 Å². The lowest BCUT2D eigenvalue weighted by atomic mass is 9.88. The summed E-state index contributed by atoms with van der Waals surface area (Å²) >= 11 is 0. The van der Waals surface area contributed by atoms with E-state index in [-0.39, 0.29) is 5.41 Å². The number of hydrogen-bond donors (Lipinski definition) is 1. The molecule has 4 nitrogen and oxygen atoms in total. The van der Waals surface area contributed by atoms with Gasteiger partial charge < -0.3 is 15.0 Å². The summed E-state index contributed by atoms with van der Waals surface area (Å²) in [6.07, 6.45) is 0.767. The first-order chi connectivity index (χ1) is 9.31. The fourth-order valence-electron chi connectivity index (χ4n) is 2.25. The van der Waals surface area contributed by atoms with Gasteiger partial charge in [0.1, 0.15) is 11.5 Å². The number of nitrogens with zero attached hydrogens (tertiary/aromatic N) is 1. The van der Waals surface area contributed by atoms with Gasteiger partial charge in [0, 0.05) is 12.0 Å². The van der Waals surface area contributed by atoms with Crippen LogP contribution in [0.1, 0.15) is 32.1 Å². The monoisotopic (exact) mass is 274 g/mol. The van der Waals surface area contributed by atoms with E-state index in [0.29, 0.717) is 5.82 Å². The Morgan fingerprint density at radius 1 is 1.30 bits per heavy atom. The molecule has 0 aliphatic heterocycles. The number of methoxy groups -OCH3 is 1. The molecule has 2 aromatic rings. The number of nitrogens with two attached hydrogens (primary N) is 1. The maximum Gasteiger partial charge on any atom is 0.175 e. The number of anilines is 1. The van der Waals surface area contributed by atoms with Gasteiger partial charge in [-0.2, -0.15) is 0 Å². The standard InChI is InChI=1S/C16H22N2O2/c1-10-6-7-12(19-5)11(8-10)14-13(9-16(2,3)4)20-18-15(14)17/h6-8H,9H2,1-5H3,(H2,17,18). The minimum atomic E-state index is 0.0950. The molecule has 0 aliphatic rings. The Balaban J connectivity index is 2.58. The Labute approximate surface area is 119 Å². The molecule has 0 fully saturated rings.